The van der Waals surface area contributed by atoms with Crippen molar-refractivity contribution in [1.82, 2.24) is 10.2 Å². The Balaban J connectivity index is 2.09. The molecule has 104 valence electrons. The predicted molar refractivity (Wildman–Crippen MR) is 75.0 cm³/mol. The standard InChI is InChI=1S/C15H22N2O2/c1-15(2)11-17(10-12-6-4-3-5-7-12)13(9-16-15)8-14(18)19/h3-7,13,16H,8-11H2,1-2H3,(H,18,19). The first-order valence-electron chi connectivity index (χ1n) is 6.71. The van der Waals surface area contributed by atoms with Gasteiger partial charge in [-0.2, -0.15) is 0 Å². The van der Waals surface area contributed by atoms with Crippen molar-refractivity contribution >= 4 is 5.97 Å². The van der Waals surface area contributed by atoms with Crippen molar-refractivity contribution in [2.45, 2.75) is 38.4 Å². The van der Waals surface area contributed by atoms with Crippen LogP contribution in [-0.2, 0) is 11.3 Å². The van der Waals surface area contributed by atoms with Gasteiger partial charge in [-0.05, 0) is 19.4 Å². The average Bonchev–Trinajstić information content (AvgIpc) is 2.33. The van der Waals surface area contributed by atoms with Gasteiger partial charge < -0.3 is 10.4 Å². The van der Waals surface area contributed by atoms with Gasteiger partial charge in [-0.25, -0.2) is 0 Å². The Morgan fingerprint density at radius 1 is 1.42 bits per heavy atom. The molecule has 0 saturated carbocycles. The first-order chi connectivity index (χ1) is 8.96. The maximum atomic E-state index is 11.0. The first-order valence-corrected chi connectivity index (χ1v) is 6.71. The van der Waals surface area contributed by atoms with Crippen LogP contribution in [0.3, 0.4) is 0 Å². The number of aliphatic carboxylic acids is 1. The fraction of sp³-hybridized carbons (Fsp3) is 0.533. The largest absolute Gasteiger partial charge is 0.481 e. The van der Waals surface area contributed by atoms with Crippen LogP contribution in [0.1, 0.15) is 25.8 Å². The number of nitrogens with zero attached hydrogens (tertiary/aromatic N) is 1. The van der Waals surface area contributed by atoms with Crippen LogP contribution in [0.4, 0.5) is 0 Å². The molecule has 2 rings (SSSR count). The van der Waals surface area contributed by atoms with Gasteiger partial charge in [0.1, 0.15) is 0 Å². The zero-order valence-corrected chi connectivity index (χ0v) is 11.6. The third-order valence-electron chi connectivity index (χ3n) is 3.57. The third kappa shape index (κ3) is 4.04. The Kier molecular flexibility index (Phi) is 4.22. The number of nitrogens with one attached hydrogen (secondary N) is 1. The van der Waals surface area contributed by atoms with E-state index in [9.17, 15) is 4.79 Å². The molecule has 4 heteroatoms. The van der Waals surface area contributed by atoms with Crippen LogP contribution in [0.2, 0.25) is 0 Å². The highest BCUT2D eigenvalue weighted by Gasteiger charge is 2.33. The summed E-state index contributed by atoms with van der Waals surface area (Å²) in [5.74, 6) is -0.732. The van der Waals surface area contributed by atoms with E-state index in [1.807, 2.05) is 18.2 Å². The quantitative estimate of drug-likeness (QED) is 0.867. The Morgan fingerprint density at radius 3 is 2.74 bits per heavy atom. The Labute approximate surface area is 114 Å². The minimum absolute atomic E-state index is 0.0315. The summed E-state index contributed by atoms with van der Waals surface area (Å²) in [5, 5.41) is 12.4. The zero-order valence-electron chi connectivity index (χ0n) is 11.6. The van der Waals surface area contributed by atoms with Crippen molar-refractivity contribution < 1.29 is 9.90 Å². The van der Waals surface area contributed by atoms with Gasteiger partial charge >= 0.3 is 5.97 Å². The maximum Gasteiger partial charge on any atom is 0.304 e. The molecule has 1 heterocycles. The van der Waals surface area contributed by atoms with Gasteiger partial charge in [-0.3, -0.25) is 9.69 Å². The lowest BCUT2D eigenvalue weighted by Gasteiger charge is -2.44. The summed E-state index contributed by atoms with van der Waals surface area (Å²) >= 11 is 0. The van der Waals surface area contributed by atoms with E-state index in [4.69, 9.17) is 5.11 Å². The van der Waals surface area contributed by atoms with E-state index in [-0.39, 0.29) is 18.0 Å². The summed E-state index contributed by atoms with van der Waals surface area (Å²) in [4.78, 5) is 13.3. The summed E-state index contributed by atoms with van der Waals surface area (Å²) in [6.45, 7) is 6.71. The molecular formula is C15H22N2O2. The van der Waals surface area contributed by atoms with E-state index < -0.39 is 5.97 Å². The topological polar surface area (TPSA) is 52.6 Å². The van der Waals surface area contributed by atoms with Crippen LogP contribution in [0.25, 0.3) is 0 Å². The van der Waals surface area contributed by atoms with E-state index in [2.05, 4.69) is 36.2 Å². The van der Waals surface area contributed by atoms with Crippen molar-refractivity contribution in [2.24, 2.45) is 0 Å². The highest BCUT2D eigenvalue weighted by Crippen LogP contribution is 2.19. The average molecular weight is 262 g/mol. The molecular weight excluding hydrogens is 240 g/mol. The van der Waals surface area contributed by atoms with Gasteiger partial charge in [0.15, 0.2) is 0 Å². The molecule has 0 aliphatic carbocycles. The Hall–Kier alpha value is -1.39. The van der Waals surface area contributed by atoms with E-state index in [1.54, 1.807) is 0 Å². The van der Waals surface area contributed by atoms with E-state index >= 15 is 0 Å². The lowest BCUT2D eigenvalue weighted by Crippen LogP contribution is -2.61. The summed E-state index contributed by atoms with van der Waals surface area (Å²) < 4.78 is 0. The minimum atomic E-state index is -0.732. The third-order valence-corrected chi connectivity index (χ3v) is 3.57. The van der Waals surface area contributed by atoms with E-state index in [0.717, 1.165) is 19.6 Å². The molecule has 0 bridgehead atoms. The van der Waals surface area contributed by atoms with E-state index in [1.165, 1.54) is 5.56 Å². The molecule has 1 fully saturated rings. The highest BCUT2D eigenvalue weighted by molar-refractivity contribution is 5.67. The fourth-order valence-corrected chi connectivity index (χ4v) is 2.62. The van der Waals surface area contributed by atoms with Gasteiger partial charge in [-0.1, -0.05) is 30.3 Å². The van der Waals surface area contributed by atoms with Crippen molar-refractivity contribution in [3.05, 3.63) is 35.9 Å². The summed E-state index contributed by atoms with van der Waals surface area (Å²) in [7, 11) is 0. The molecule has 19 heavy (non-hydrogen) atoms. The smallest absolute Gasteiger partial charge is 0.304 e. The number of carboxylic acids is 1. The highest BCUT2D eigenvalue weighted by atomic mass is 16.4. The van der Waals surface area contributed by atoms with Gasteiger partial charge in [0.25, 0.3) is 0 Å². The molecule has 2 N–H and O–H groups in total. The van der Waals surface area contributed by atoms with Crippen LogP contribution >= 0.6 is 0 Å². The molecule has 4 nitrogen and oxygen atoms in total. The SMILES string of the molecule is CC1(C)CN(Cc2ccccc2)C(CC(=O)O)CN1. The van der Waals surface area contributed by atoms with Crippen molar-refractivity contribution in [3.63, 3.8) is 0 Å². The van der Waals surface area contributed by atoms with Crippen molar-refractivity contribution in [1.29, 1.82) is 0 Å². The predicted octanol–water partition coefficient (Wildman–Crippen LogP) is 1.71. The lowest BCUT2D eigenvalue weighted by atomic mass is 9.96. The van der Waals surface area contributed by atoms with Crippen molar-refractivity contribution in [2.75, 3.05) is 13.1 Å². The summed E-state index contributed by atoms with van der Waals surface area (Å²) in [5.41, 5.74) is 1.26. The Morgan fingerprint density at radius 2 is 2.11 bits per heavy atom. The number of carbonyl (C=O) groups is 1. The van der Waals surface area contributed by atoms with Gasteiger partial charge in [0, 0.05) is 31.2 Å². The number of hydrogen-bond donors (Lipinski definition) is 2. The number of piperazine rings is 1. The fourth-order valence-electron chi connectivity index (χ4n) is 2.62. The number of benzene rings is 1. The second-order valence-electron chi connectivity index (χ2n) is 5.91. The van der Waals surface area contributed by atoms with Gasteiger partial charge in [0.2, 0.25) is 0 Å². The lowest BCUT2D eigenvalue weighted by molar-refractivity contribution is -0.139. The minimum Gasteiger partial charge on any atom is -0.481 e. The summed E-state index contributed by atoms with van der Waals surface area (Å²) in [6.07, 6.45) is 0.190. The van der Waals surface area contributed by atoms with Crippen LogP contribution in [0.15, 0.2) is 30.3 Å². The first kappa shape index (κ1) is 14.0. The number of rotatable bonds is 4. The number of hydrogen-bond acceptors (Lipinski definition) is 3. The van der Waals surface area contributed by atoms with Gasteiger partial charge in [0.05, 0.1) is 6.42 Å². The molecule has 1 aromatic carbocycles. The van der Waals surface area contributed by atoms with Gasteiger partial charge in [-0.15, -0.1) is 0 Å². The van der Waals surface area contributed by atoms with Crippen LogP contribution in [0.5, 0.6) is 0 Å². The van der Waals surface area contributed by atoms with E-state index in [0.29, 0.717) is 0 Å². The molecule has 1 unspecified atom stereocenters. The van der Waals surface area contributed by atoms with Crippen LogP contribution in [0, 0.1) is 0 Å². The maximum absolute atomic E-state index is 11.0. The zero-order chi connectivity index (χ0) is 13.9. The molecule has 0 radical (unpaired) electrons. The molecule has 1 aliphatic rings. The normalized spacial score (nSPS) is 23.2. The molecule has 1 aromatic rings. The van der Waals surface area contributed by atoms with Crippen LogP contribution < -0.4 is 5.32 Å². The van der Waals surface area contributed by atoms with Crippen molar-refractivity contribution in [3.8, 4) is 0 Å². The number of carboxylic acid groups (broad SMARTS) is 1. The second-order valence-corrected chi connectivity index (χ2v) is 5.91. The van der Waals surface area contributed by atoms with Crippen LogP contribution in [-0.4, -0.2) is 40.6 Å². The summed E-state index contributed by atoms with van der Waals surface area (Å²) in [6, 6.07) is 10.3. The monoisotopic (exact) mass is 262 g/mol. The molecule has 0 amide bonds. The molecule has 0 spiro atoms. The molecule has 1 atom stereocenters. The Bertz CT molecular complexity index is 431. The second kappa shape index (κ2) is 5.72. The molecule has 1 aliphatic heterocycles. The molecule has 1 saturated heterocycles. The molecule has 0 aromatic heterocycles.